The molecule has 178 valence electrons. The molecule has 2 aromatic carbocycles. The molecule has 0 aromatic heterocycles. The average molecular weight is 563 g/mol. The van der Waals surface area contributed by atoms with Crippen LogP contribution in [0.5, 0.6) is 11.5 Å². The van der Waals surface area contributed by atoms with Gasteiger partial charge in [0.05, 0.1) is 29.1 Å². The Morgan fingerprint density at radius 2 is 2.15 bits per heavy atom. The molecule has 2 aliphatic rings. The number of thiocarbonyl (C=S) groups is 1. The number of hydrogen-bond acceptors (Lipinski definition) is 7. The number of carbonyl (C=O) groups excluding carboxylic acids is 2. The lowest BCUT2D eigenvalue weighted by molar-refractivity contribution is -0.123. The zero-order valence-electron chi connectivity index (χ0n) is 18.4. The Balaban J connectivity index is 1.45. The first kappa shape index (κ1) is 24.7. The van der Waals surface area contributed by atoms with Crippen molar-refractivity contribution in [3.05, 3.63) is 57.4 Å². The van der Waals surface area contributed by atoms with Crippen LogP contribution in [0.1, 0.15) is 18.4 Å². The fourth-order valence-corrected chi connectivity index (χ4v) is 5.47. The second-order valence-electron chi connectivity index (χ2n) is 7.66. The monoisotopic (exact) mass is 562 g/mol. The molecule has 34 heavy (non-hydrogen) atoms. The van der Waals surface area contributed by atoms with E-state index in [0.29, 0.717) is 37.4 Å². The van der Waals surface area contributed by atoms with Gasteiger partial charge < -0.3 is 19.5 Å². The number of benzene rings is 2. The van der Waals surface area contributed by atoms with E-state index in [4.69, 9.17) is 26.4 Å². The van der Waals surface area contributed by atoms with Crippen LogP contribution in [0, 0.1) is 0 Å². The maximum absolute atomic E-state index is 12.9. The molecule has 1 N–H and O–H groups in total. The summed E-state index contributed by atoms with van der Waals surface area (Å²) in [5, 5.41) is 2.77. The highest BCUT2D eigenvalue weighted by Crippen LogP contribution is 2.39. The third-order valence-electron chi connectivity index (χ3n) is 5.24. The minimum Gasteiger partial charge on any atom is -0.493 e. The van der Waals surface area contributed by atoms with Crippen LogP contribution in [0.3, 0.4) is 0 Å². The van der Waals surface area contributed by atoms with Crippen molar-refractivity contribution in [2.24, 2.45) is 0 Å². The van der Waals surface area contributed by atoms with Gasteiger partial charge in [-0.3, -0.25) is 14.5 Å². The predicted octanol–water partition coefficient (Wildman–Crippen LogP) is 4.86. The smallest absolute Gasteiger partial charge is 0.266 e. The van der Waals surface area contributed by atoms with Gasteiger partial charge in [0.1, 0.15) is 4.32 Å². The third kappa shape index (κ3) is 5.99. The van der Waals surface area contributed by atoms with Crippen molar-refractivity contribution in [3.63, 3.8) is 0 Å². The summed E-state index contributed by atoms with van der Waals surface area (Å²) in [6.07, 6.45) is 3.75. The van der Waals surface area contributed by atoms with Crippen LogP contribution < -0.4 is 14.8 Å². The van der Waals surface area contributed by atoms with E-state index in [2.05, 4.69) is 21.2 Å². The second-order valence-corrected chi connectivity index (χ2v) is 10.2. The van der Waals surface area contributed by atoms with E-state index < -0.39 is 0 Å². The van der Waals surface area contributed by atoms with Crippen LogP contribution in [-0.4, -0.2) is 54.0 Å². The molecule has 0 unspecified atom stereocenters. The highest BCUT2D eigenvalue weighted by atomic mass is 79.9. The fraction of sp³-hybridized carbons (Fsp3) is 0.292. The number of hydrogen-bond donors (Lipinski definition) is 1. The SMILES string of the molecule is COc1cc(/C=C2\SC(=S)N(C[C@H]3CCCO3)C2=O)cc(Br)c1OCC(=O)Nc1ccccc1. The van der Waals surface area contributed by atoms with Crippen LogP contribution in [0.15, 0.2) is 51.8 Å². The molecular formula is C24H23BrN2O5S2. The van der Waals surface area contributed by atoms with Crippen molar-refractivity contribution in [3.8, 4) is 11.5 Å². The minimum atomic E-state index is -0.292. The van der Waals surface area contributed by atoms with Crippen molar-refractivity contribution in [1.82, 2.24) is 4.90 Å². The molecule has 2 amide bonds. The Hall–Kier alpha value is -2.40. The molecule has 0 aliphatic carbocycles. The molecule has 0 radical (unpaired) electrons. The predicted molar refractivity (Wildman–Crippen MR) is 140 cm³/mol. The van der Waals surface area contributed by atoms with Crippen LogP contribution in [0.25, 0.3) is 6.08 Å². The van der Waals surface area contributed by atoms with Crippen molar-refractivity contribution in [2.45, 2.75) is 18.9 Å². The number of nitrogens with zero attached hydrogens (tertiary/aromatic N) is 1. The zero-order valence-corrected chi connectivity index (χ0v) is 21.6. The van der Waals surface area contributed by atoms with E-state index in [1.165, 1.54) is 18.9 Å². The topological polar surface area (TPSA) is 77.1 Å². The Kier molecular flexibility index (Phi) is 8.25. The summed E-state index contributed by atoms with van der Waals surface area (Å²) in [6.45, 7) is 1.02. The van der Waals surface area contributed by atoms with Crippen LogP contribution >= 0.6 is 39.9 Å². The Morgan fingerprint density at radius 1 is 1.35 bits per heavy atom. The average Bonchev–Trinajstić information content (AvgIpc) is 3.43. The molecule has 0 saturated carbocycles. The normalized spacial score (nSPS) is 19.1. The number of anilines is 1. The van der Waals surface area contributed by atoms with Crippen LogP contribution in [0.2, 0.25) is 0 Å². The number of rotatable bonds is 8. The zero-order chi connectivity index (χ0) is 24.1. The highest BCUT2D eigenvalue weighted by Gasteiger charge is 2.34. The molecule has 2 fully saturated rings. The molecular weight excluding hydrogens is 540 g/mol. The number of amides is 2. The summed E-state index contributed by atoms with van der Waals surface area (Å²) in [6, 6.07) is 12.7. The van der Waals surface area contributed by atoms with Gasteiger partial charge in [-0.15, -0.1) is 0 Å². The summed E-state index contributed by atoms with van der Waals surface area (Å²) in [7, 11) is 1.52. The van der Waals surface area contributed by atoms with E-state index >= 15 is 0 Å². The Morgan fingerprint density at radius 3 is 2.85 bits per heavy atom. The van der Waals surface area contributed by atoms with E-state index in [-0.39, 0.29) is 24.5 Å². The van der Waals surface area contributed by atoms with Gasteiger partial charge in [-0.25, -0.2) is 0 Å². The number of ether oxygens (including phenoxy) is 3. The maximum atomic E-state index is 12.9. The molecule has 2 saturated heterocycles. The summed E-state index contributed by atoms with van der Waals surface area (Å²) < 4.78 is 18.0. The van der Waals surface area contributed by atoms with Gasteiger partial charge in [0.2, 0.25) is 0 Å². The lowest BCUT2D eigenvalue weighted by Crippen LogP contribution is -2.35. The Bertz CT molecular complexity index is 1120. The van der Waals surface area contributed by atoms with E-state index in [1.54, 1.807) is 35.2 Å². The van der Waals surface area contributed by atoms with Crippen LogP contribution in [0.4, 0.5) is 5.69 Å². The van der Waals surface area contributed by atoms with Gasteiger partial charge >= 0.3 is 0 Å². The van der Waals surface area contributed by atoms with Gasteiger partial charge in [-0.1, -0.05) is 42.2 Å². The second kappa shape index (κ2) is 11.4. The number of methoxy groups -OCH3 is 1. The lowest BCUT2D eigenvalue weighted by atomic mass is 10.1. The molecule has 0 bridgehead atoms. The quantitative estimate of drug-likeness (QED) is 0.363. The van der Waals surface area contributed by atoms with Gasteiger partial charge in [-0.05, 0) is 64.7 Å². The van der Waals surface area contributed by atoms with Crippen molar-refractivity contribution >= 4 is 67.8 Å². The standard InChI is InChI=1S/C24H23BrN2O5S2/c1-30-19-11-15(12-20-23(29)27(24(33)34-20)13-17-8-5-9-31-17)10-18(25)22(19)32-14-21(28)26-16-6-3-2-4-7-16/h2-4,6-7,10-12,17H,5,8-9,13-14H2,1H3,(H,26,28)/b20-12-/t17-/m1/s1. The van der Waals surface area contributed by atoms with Gasteiger partial charge in [-0.2, -0.15) is 0 Å². The largest absolute Gasteiger partial charge is 0.493 e. The van der Waals surface area contributed by atoms with Crippen molar-refractivity contribution in [1.29, 1.82) is 0 Å². The van der Waals surface area contributed by atoms with Crippen LogP contribution in [-0.2, 0) is 14.3 Å². The third-order valence-corrected chi connectivity index (χ3v) is 7.21. The molecule has 10 heteroatoms. The summed E-state index contributed by atoms with van der Waals surface area (Å²) in [4.78, 5) is 27.3. The van der Waals surface area contributed by atoms with E-state index in [0.717, 1.165) is 25.0 Å². The van der Waals surface area contributed by atoms with Crippen molar-refractivity contribution in [2.75, 3.05) is 32.2 Å². The van der Waals surface area contributed by atoms with Gasteiger partial charge in [0, 0.05) is 12.3 Å². The Labute approximate surface area is 215 Å². The molecule has 2 aromatic rings. The number of para-hydroxylation sites is 1. The molecule has 0 spiro atoms. The first-order valence-corrected chi connectivity index (χ1v) is 12.7. The fourth-order valence-electron chi connectivity index (χ4n) is 3.62. The van der Waals surface area contributed by atoms with Crippen molar-refractivity contribution < 1.29 is 23.8 Å². The summed E-state index contributed by atoms with van der Waals surface area (Å²) in [5.74, 6) is 0.411. The summed E-state index contributed by atoms with van der Waals surface area (Å²) >= 11 is 10.2. The van der Waals surface area contributed by atoms with Gasteiger partial charge in [0.15, 0.2) is 18.1 Å². The first-order valence-electron chi connectivity index (χ1n) is 10.7. The first-order chi connectivity index (χ1) is 16.4. The van der Waals surface area contributed by atoms with E-state index in [1.807, 2.05) is 18.2 Å². The number of carbonyl (C=O) groups is 2. The molecule has 4 rings (SSSR count). The molecule has 1 atom stereocenters. The lowest BCUT2D eigenvalue weighted by Gasteiger charge is -2.18. The van der Waals surface area contributed by atoms with E-state index in [9.17, 15) is 9.59 Å². The maximum Gasteiger partial charge on any atom is 0.266 e. The number of halogens is 1. The summed E-state index contributed by atoms with van der Waals surface area (Å²) in [5.41, 5.74) is 1.43. The molecule has 7 nitrogen and oxygen atoms in total. The highest BCUT2D eigenvalue weighted by molar-refractivity contribution is 9.10. The molecule has 2 aliphatic heterocycles. The molecule has 2 heterocycles. The minimum absolute atomic E-state index is 0.0339. The number of nitrogens with one attached hydrogen (secondary N) is 1. The van der Waals surface area contributed by atoms with Gasteiger partial charge in [0.25, 0.3) is 11.8 Å². The number of thioether (sulfide) groups is 1.